The molecule has 1 aromatic heterocycles. The van der Waals surface area contributed by atoms with Gasteiger partial charge in [-0.3, -0.25) is 0 Å². The number of aryl methyl sites for hydroxylation is 1. The van der Waals surface area contributed by atoms with Gasteiger partial charge in [0.25, 0.3) is 0 Å². The Hall–Kier alpha value is -1.00. The maximum atomic E-state index is 5.92. The zero-order valence-corrected chi connectivity index (χ0v) is 12.4. The Morgan fingerprint density at radius 1 is 1.53 bits per heavy atom. The molecule has 1 fully saturated rings. The fourth-order valence-electron chi connectivity index (χ4n) is 3.13. The highest BCUT2D eigenvalue weighted by molar-refractivity contribution is 5.21. The first-order chi connectivity index (χ1) is 8.98. The molecule has 2 N–H and O–H groups in total. The summed E-state index contributed by atoms with van der Waals surface area (Å²) in [5, 5.41) is 0. The molecule has 0 spiro atoms. The van der Waals surface area contributed by atoms with Crippen molar-refractivity contribution in [2.24, 2.45) is 11.7 Å². The van der Waals surface area contributed by atoms with Crippen LogP contribution < -0.4 is 5.73 Å². The maximum Gasteiger partial charge on any atom is 0.160 e. The summed E-state index contributed by atoms with van der Waals surface area (Å²) >= 11 is 0. The smallest absolute Gasteiger partial charge is 0.160 e. The lowest BCUT2D eigenvalue weighted by Crippen LogP contribution is -2.36. The average Bonchev–Trinajstić information content (AvgIpc) is 2.38. The van der Waals surface area contributed by atoms with Crippen LogP contribution >= 0.6 is 0 Å². The number of rotatable bonds is 3. The lowest BCUT2D eigenvalue weighted by molar-refractivity contribution is -0.0647. The molecule has 1 aliphatic rings. The lowest BCUT2D eigenvalue weighted by Gasteiger charge is -2.37. The first-order valence-corrected chi connectivity index (χ1v) is 7.13. The fourth-order valence-corrected chi connectivity index (χ4v) is 3.13. The van der Waals surface area contributed by atoms with Gasteiger partial charge in [-0.25, -0.2) is 9.97 Å². The van der Waals surface area contributed by atoms with Crippen LogP contribution in [0.25, 0.3) is 0 Å². The van der Waals surface area contributed by atoms with Crippen LogP contribution in [0.3, 0.4) is 0 Å². The van der Waals surface area contributed by atoms with Gasteiger partial charge < -0.3 is 10.5 Å². The van der Waals surface area contributed by atoms with Gasteiger partial charge in [-0.15, -0.1) is 0 Å². The molecule has 0 aliphatic heterocycles. The van der Waals surface area contributed by atoms with Crippen LogP contribution in [0.5, 0.6) is 0 Å². The molecule has 1 heterocycles. The van der Waals surface area contributed by atoms with E-state index in [1.54, 1.807) is 7.11 Å². The van der Waals surface area contributed by atoms with Gasteiger partial charge in [-0.2, -0.15) is 0 Å². The first-order valence-electron chi connectivity index (χ1n) is 7.13. The van der Waals surface area contributed by atoms with Crippen molar-refractivity contribution >= 4 is 0 Å². The van der Waals surface area contributed by atoms with E-state index in [-0.39, 0.29) is 11.6 Å². The Kier molecular flexibility index (Phi) is 4.21. The largest absolute Gasteiger partial charge is 0.370 e. The van der Waals surface area contributed by atoms with E-state index < -0.39 is 0 Å². The molecule has 0 radical (unpaired) electrons. The Bertz CT molecular complexity index is 447. The van der Waals surface area contributed by atoms with E-state index >= 15 is 0 Å². The summed E-state index contributed by atoms with van der Waals surface area (Å²) in [5.41, 5.74) is 7.59. The number of methoxy groups -OCH3 is 1. The molecule has 19 heavy (non-hydrogen) atoms. The third-order valence-corrected chi connectivity index (χ3v) is 4.26. The molecule has 2 rings (SSSR count). The van der Waals surface area contributed by atoms with Gasteiger partial charge in [0.05, 0.1) is 0 Å². The molecule has 1 aliphatic carbocycles. The van der Waals surface area contributed by atoms with Crippen LogP contribution in [0.1, 0.15) is 62.7 Å². The van der Waals surface area contributed by atoms with Crippen molar-refractivity contribution in [2.75, 3.05) is 7.11 Å². The fraction of sp³-hybridized carbons (Fsp3) is 0.733. The summed E-state index contributed by atoms with van der Waals surface area (Å²) in [4.78, 5) is 9.23. The molecule has 3 atom stereocenters. The summed E-state index contributed by atoms with van der Waals surface area (Å²) in [6.45, 7) is 6.23. The number of aromatic nitrogens is 2. The van der Waals surface area contributed by atoms with Gasteiger partial charge in [-0.05, 0) is 39.0 Å². The Morgan fingerprint density at radius 3 is 2.79 bits per heavy atom. The molecular weight excluding hydrogens is 238 g/mol. The predicted molar refractivity (Wildman–Crippen MR) is 75.7 cm³/mol. The summed E-state index contributed by atoms with van der Waals surface area (Å²) in [7, 11) is 1.77. The molecule has 0 aromatic carbocycles. The number of ether oxygens (including phenoxy) is 1. The third kappa shape index (κ3) is 2.79. The molecule has 4 heteroatoms. The van der Waals surface area contributed by atoms with Crippen molar-refractivity contribution in [2.45, 2.75) is 58.1 Å². The number of nitrogens with zero attached hydrogens (tertiary/aromatic N) is 2. The van der Waals surface area contributed by atoms with Crippen LogP contribution in [0.2, 0.25) is 0 Å². The highest BCUT2D eigenvalue weighted by atomic mass is 16.5. The summed E-state index contributed by atoms with van der Waals surface area (Å²) in [6.07, 6.45) is 6.31. The first kappa shape index (κ1) is 14.4. The van der Waals surface area contributed by atoms with Crippen molar-refractivity contribution in [3.05, 3.63) is 23.3 Å². The third-order valence-electron chi connectivity index (χ3n) is 4.26. The van der Waals surface area contributed by atoms with Crippen LogP contribution in [-0.2, 0) is 10.3 Å². The van der Waals surface area contributed by atoms with Crippen molar-refractivity contribution in [3.63, 3.8) is 0 Å². The molecule has 0 bridgehead atoms. The van der Waals surface area contributed by atoms with Gasteiger partial charge >= 0.3 is 0 Å². The minimum Gasteiger partial charge on any atom is -0.370 e. The van der Waals surface area contributed by atoms with E-state index in [4.69, 9.17) is 10.5 Å². The normalized spacial score (nSPS) is 29.2. The van der Waals surface area contributed by atoms with Gasteiger partial charge in [-0.1, -0.05) is 13.3 Å². The van der Waals surface area contributed by atoms with Gasteiger partial charge in [0.2, 0.25) is 0 Å². The van der Waals surface area contributed by atoms with Crippen molar-refractivity contribution in [1.29, 1.82) is 0 Å². The van der Waals surface area contributed by atoms with Gasteiger partial charge in [0, 0.05) is 30.6 Å². The van der Waals surface area contributed by atoms with E-state index in [1.165, 1.54) is 12.8 Å². The molecular formula is C15H25N3O. The molecule has 4 nitrogen and oxygen atoms in total. The second-order valence-electron chi connectivity index (χ2n) is 5.92. The van der Waals surface area contributed by atoms with Crippen LogP contribution in [0, 0.1) is 12.8 Å². The van der Waals surface area contributed by atoms with Crippen molar-refractivity contribution in [3.8, 4) is 0 Å². The average molecular weight is 263 g/mol. The second-order valence-corrected chi connectivity index (χ2v) is 5.92. The monoisotopic (exact) mass is 263 g/mol. The minimum absolute atomic E-state index is 0.0298. The molecule has 0 saturated heterocycles. The molecule has 1 aromatic rings. The topological polar surface area (TPSA) is 61.0 Å². The van der Waals surface area contributed by atoms with Gasteiger partial charge in [0.15, 0.2) is 5.82 Å². The SMILES string of the molecule is COC1(c2ncc([C@@H](C)N)c(C)n2)CCCC(C)C1. The van der Waals surface area contributed by atoms with E-state index in [1.807, 2.05) is 20.0 Å². The quantitative estimate of drug-likeness (QED) is 0.911. The Balaban J connectivity index is 2.36. The zero-order valence-electron chi connectivity index (χ0n) is 12.4. The number of hydrogen-bond acceptors (Lipinski definition) is 4. The summed E-state index contributed by atoms with van der Waals surface area (Å²) in [5.74, 6) is 1.48. The maximum absolute atomic E-state index is 5.92. The minimum atomic E-state index is -0.307. The van der Waals surface area contributed by atoms with E-state index in [9.17, 15) is 0 Å². The van der Waals surface area contributed by atoms with E-state index in [0.717, 1.165) is 29.9 Å². The lowest BCUT2D eigenvalue weighted by atomic mass is 9.78. The second kappa shape index (κ2) is 5.55. The Morgan fingerprint density at radius 2 is 2.26 bits per heavy atom. The highest BCUT2D eigenvalue weighted by Gasteiger charge is 2.39. The number of hydrogen-bond donors (Lipinski definition) is 1. The zero-order chi connectivity index (χ0) is 14.0. The van der Waals surface area contributed by atoms with Crippen LogP contribution in [-0.4, -0.2) is 17.1 Å². The van der Waals surface area contributed by atoms with Crippen molar-refractivity contribution in [1.82, 2.24) is 9.97 Å². The molecule has 106 valence electrons. The van der Waals surface area contributed by atoms with Crippen molar-refractivity contribution < 1.29 is 4.74 Å². The highest BCUT2D eigenvalue weighted by Crippen LogP contribution is 2.41. The summed E-state index contributed by atoms with van der Waals surface area (Å²) in [6, 6.07) is -0.0298. The standard InChI is InChI=1S/C15H25N3O/c1-10-6-5-7-15(8-10,19-4)14-17-9-13(11(2)16)12(3)18-14/h9-11H,5-8,16H2,1-4H3/t10?,11-,15?/m1/s1. The predicted octanol–water partition coefficient (Wildman–Crippen LogP) is 2.86. The van der Waals surface area contributed by atoms with Gasteiger partial charge in [0.1, 0.15) is 5.60 Å². The number of nitrogens with two attached hydrogens (primary N) is 1. The van der Waals surface area contributed by atoms with Crippen LogP contribution in [0.15, 0.2) is 6.20 Å². The van der Waals surface area contributed by atoms with Crippen LogP contribution in [0.4, 0.5) is 0 Å². The molecule has 1 saturated carbocycles. The Labute approximate surface area is 115 Å². The van der Waals surface area contributed by atoms with E-state index in [2.05, 4.69) is 16.9 Å². The molecule has 0 amide bonds. The molecule has 2 unspecified atom stereocenters. The van der Waals surface area contributed by atoms with E-state index in [0.29, 0.717) is 5.92 Å². The summed E-state index contributed by atoms with van der Waals surface area (Å²) < 4.78 is 5.83.